The summed E-state index contributed by atoms with van der Waals surface area (Å²) < 4.78 is 0. The monoisotopic (exact) mass is 527 g/mol. The van der Waals surface area contributed by atoms with Gasteiger partial charge in [0.25, 0.3) is 5.91 Å². The number of amides is 1. The summed E-state index contributed by atoms with van der Waals surface area (Å²) in [6.07, 6.45) is 6.94. The van der Waals surface area contributed by atoms with Crippen LogP contribution < -0.4 is 0 Å². The van der Waals surface area contributed by atoms with Crippen molar-refractivity contribution in [3.05, 3.63) is 120 Å². The summed E-state index contributed by atoms with van der Waals surface area (Å²) in [7, 11) is 0. The molecular formula is C32H37N3O2S. The van der Waals surface area contributed by atoms with Gasteiger partial charge < -0.3 is 4.90 Å². The van der Waals surface area contributed by atoms with E-state index in [0.717, 1.165) is 11.1 Å². The summed E-state index contributed by atoms with van der Waals surface area (Å²) in [5.41, 5.74) is 4.70. The molecule has 1 saturated heterocycles. The molecule has 2 aromatic carbocycles. The lowest BCUT2D eigenvalue weighted by molar-refractivity contribution is -0.130. The zero-order chi connectivity index (χ0) is 27.5. The van der Waals surface area contributed by atoms with Crippen LogP contribution in [0.5, 0.6) is 0 Å². The Hall–Kier alpha value is -3.48. The van der Waals surface area contributed by atoms with Crippen LogP contribution in [0.1, 0.15) is 37.9 Å². The highest BCUT2D eigenvalue weighted by molar-refractivity contribution is 8.13. The van der Waals surface area contributed by atoms with E-state index in [1.807, 2.05) is 43.0 Å². The number of thioether (sulfide) groups is 1. The number of allylic oxidation sites excluding steroid dienone is 4. The summed E-state index contributed by atoms with van der Waals surface area (Å²) in [6, 6.07) is 20.9. The molecule has 0 bridgehead atoms. The molecular weight excluding hydrogens is 490 g/mol. The number of carbonyl (C=O) groups is 2. The molecule has 1 aliphatic rings. The number of piperazine rings is 1. The highest BCUT2D eigenvalue weighted by Gasteiger charge is 2.36. The van der Waals surface area contributed by atoms with Crippen molar-refractivity contribution in [3.63, 3.8) is 0 Å². The van der Waals surface area contributed by atoms with Crippen LogP contribution in [-0.2, 0) is 9.59 Å². The summed E-state index contributed by atoms with van der Waals surface area (Å²) in [5, 5.41) is 0.0715. The summed E-state index contributed by atoms with van der Waals surface area (Å²) >= 11 is 1.31. The smallest absolute Gasteiger partial charge is 0.256 e. The van der Waals surface area contributed by atoms with Crippen LogP contribution in [0.3, 0.4) is 0 Å². The van der Waals surface area contributed by atoms with Crippen LogP contribution >= 0.6 is 11.8 Å². The van der Waals surface area contributed by atoms with Crippen LogP contribution in [0.4, 0.5) is 0 Å². The molecule has 1 fully saturated rings. The molecule has 0 saturated carbocycles. The normalized spacial score (nSPS) is 16.5. The van der Waals surface area contributed by atoms with Crippen LogP contribution in [0.25, 0.3) is 0 Å². The number of nitrogens with zero attached hydrogens (tertiary/aromatic N) is 3. The molecule has 0 aromatic heterocycles. The Kier molecular flexibility index (Phi) is 11.1. The van der Waals surface area contributed by atoms with Gasteiger partial charge in [0.05, 0.1) is 11.6 Å². The van der Waals surface area contributed by atoms with Gasteiger partial charge in [0.15, 0.2) is 5.12 Å². The summed E-state index contributed by atoms with van der Waals surface area (Å²) in [6.45, 7) is 14.6. The van der Waals surface area contributed by atoms with Gasteiger partial charge in [0, 0.05) is 44.6 Å². The van der Waals surface area contributed by atoms with Gasteiger partial charge in [-0.15, -0.1) is 0 Å². The third-order valence-electron chi connectivity index (χ3n) is 6.54. The van der Waals surface area contributed by atoms with Crippen LogP contribution in [0.15, 0.2) is 113 Å². The Balaban J connectivity index is 1.98. The quantitative estimate of drug-likeness (QED) is 0.209. The van der Waals surface area contributed by atoms with Crippen LogP contribution in [-0.4, -0.2) is 59.0 Å². The minimum Gasteiger partial charge on any atom is -0.336 e. The molecule has 1 atom stereocenters. The van der Waals surface area contributed by atoms with Crippen molar-refractivity contribution in [1.29, 1.82) is 0 Å². The minimum atomic E-state index is -0.0873. The Bertz CT molecular complexity index is 1170. The number of hydrogen-bond acceptors (Lipinski definition) is 5. The van der Waals surface area contributed by atoms with Crippen molar-refractivity contribution >= 4 is 29.5 Å². The van der Waals surface area contributed by atoms with Gasteiger partial charge >= 0.3 is 0 Å². The van der Waals surface area contributed by atoms with E-state index in [4.69, 9.17) is 0 Å². The van der Waals surface area contributed by atoms with Crippen LogP contribution in [0, 0.1) is 0 Å². The van der Waals surface area contributed by atoms with Crippen molar-refractivity contribution in [3.8, 4) is 0 Å². The van der Waals surface area contributed by atoms with Gasteiger partial charge in [-0.25, -0.2) is 0 Å². The van der Waals surface area contributed by atoms with Crippen molar-refractivity contribution < 1.29 is 9.59 Å². The molecule has 0 radical (unpaired) electrons. The van der Waals surface area contributed by atoms with Gasteiger partial charge in [-0.2, -0.15) is 0 Å². The Labute approximate surface area is 231 Å². The molecule has 38 heavy (non-hydrogen) atoms. The van der Waals surface area contributed by atoms with Crippen molar-refractivity contribution in [2.24, 2.45) is 4.99 Å². The lowest BCUT2D eigenvalue weighted by Gasteiger charge is -2.45. The number of benzene rings is 2. The molecule has 1 aliphatic heterocycles. The SMILES string of the molecule is C=C/C=C\C(=C(C)C)/C(=C\N=C)C(=O)N1CCN(C(c2ccccc2)c2ccccc2)C(CSC(C)=O)C1. The molecule has 0 spiro atoms. The number of carbonyl (C=O) groups excluding carboxylic acids is 2. The topological polar surface area (TPSA) is 53.0 Å². The highest BCUT2D eigenvalue weighted by atomic mass is 32.2. The van der Waals surface area contributed by atoms with E-state index in [2.05, 4.69) is 71.7 Å². The first-order chi connectivity index (χ1) is 18.4. The molecule has 1 heterocycles. The first-order valence-electron chi connectivity index (χ1n) is 12.8. The molecule has 2 aromatic rings. The van der Waals surface area contributed by atoms with E-state index >= 15 is 0 Å². The summed E-state index contributed by atoms with van der Waals surface area (Å²) in [5.74, 6) is 0.510. The zero-order valence-corrected chi connectivity index (χ0v) is 23.4. The van der Waals surface area contributed by atoms with Crippen molar-refractivity contribution in [1.82, 2.24) is 9.80 Å². The van der Waals surface area contributed by atoms with E-state index in [-0.39, 0.29) is 23.1 Å². The summed E-state index contributed by atoms with van der Waals surface area (Å²) in [4.78, 5) is 34.2. The van der Waals surface area contributed by atoms with Gasteiger partial charge in [-0.05, 0) is 37.3 Å². The fourth-order valence-corrected chi connectivity index (χ4v) is 5.52. The van der Waals surface area contributed by atoms with Crippen LogP contribution in [0.2, 0.25) is 0 Å². The molecule has 1 amide bonds. The first-order valence-corrected chi connectivity index (χ1v) is 13.8. The predicted octanol–water partition coefficient (Wildman–Crippen LogP) is 6.23. The van der Waals surface area contributed by atoms with E-state index in [1.54, 1.807) is 19.2 Å². The molecule has 0 N–H and O–H groups in total. The average Bonchev–Trinajstić information content (AvgIpc) is 2.92. The number of aliphatic imine (C=N–C) groups is 1. The standard InChI is InChI=1S/C32H37N3O2S/c1-6-7-18-29(24(2)3)30(21-33-5)32(37)34-19-20-35(28(22-34)23-38-25(4)36)31(26-14-10-8-11-15-26)27-16-12-9-13-17-27/h6-18,21,28,31H,1,5,19-20,22-23H2,2-4H3/b18-7-,30-21+. The molecule has 3 rings (SSSR count). The maximum absolute atomic E-state index is 13.9. The zero-order valence-electron chi connectivity index (χ0n) is 22.5. The maximum Gasteiger partial charge on any atom is 0.256 e. The van der Waals surface area contributed by atoms with Crippen molar-refractivity contribution in [2.45, 2.75) is 32.9 Å². The molecule has 0 aliphatic carbocycles. The fraction of sp³-hybridized carbons (Fsp3) is 0.281. The Morgan fingerprint density at radius 3 is 2.13 bits per heavy atom. The number of rotatable bonds is 10. The van der Waals surface area contributed by atoms with Gasteiger partial charge in [-0.3, -0.25) is 19.5 Å². The minimum absolute atomic E-state index is 0.0148. The van der Waals surface area contributed by atoms with Crippen molar-refractivity contribution in [2.75, 3.05) is 25.4 Å². The Morgan fingerprint density at radius 1 is 1.03 bits per heavy atom. The Morgan fingerprint density at radius 2 is 1.63 bits per heavy atom. The first kappa shape index (κ1) is 29.1. The molecule has 1 unspecified atom stereocenters. The van der Waals surface area contributed by atoms with Gasteiger partial charge in [-0.1, -0.05) is 103 Å². The largest absolute Gasteiger partial charge is 0.336 e. The van der Waals surface area contributed by atoms with E-state index in [0.29, 0.717) is 31.0 Å². The van der Waals surface area contributed by atoms with E-state index in [9.17, 15) is 9.59 Å². The van der Waals surface area contributed by atoms with Gasteiger partial charge in [0.1, 0.15) is 0 Å². The second-order valence-electron chi connectivity index (χ2n) is 9.40. The molecule has 5 nitrogen and oxygen atoms in total. The van der Waals surface area contributed by atoms with E-state index < -0.39 is 0 Å². The third kappa shape index (κ3) is 7.53. The number of hydrogen-bond donors (Lipinski definition) is 0. The maximum atomic E-state index is 13.9. The van der Waals surface area contributed by atoms with E-state index in [1.165, 1.54) is 22.9 Å². The molecule has 198 valence electrons. The highest BCUT2D eigenvalue weighted by Crippen LogP contribution is 2.33. The second kappa shape index (κ2) is 14.5. The van der Waals surface area contributed by atoms with Gasteiger partial charge in [0.2, 0.25) is 0 Å². The average molecular weight is 528 g/mol. The second-order valence-corrected chi connectivity index (χ2v) is 10.6. The lowest BCUT2D eigenvalue weighted by atomic mass is 9.94. The third-order valence-corrected chi connectivity index (χ3v) is 7.49. The lowest BCUT2D eigenvalue weighted by Crippen LogP contribution is -2.57. The fourth-order valence-electron chi connectivity index (χ4n) is 4.79. The predicted molar refractivity (Wildman–Crippen MR) is 160 cm³/mol. The molecule has 6 heteroatoms.